The van der Waals surface area contributed by atoms with Crippen LogP contribution in [0.2, 0.25) is 0 Å². The molecule has 2 aromatic heterocycles. The summed E-state index contributed by atoms with van der Waals surface area (Å²) in [5.41, 5.74) is 2.34. The minimum Gasteiger partial charge on any atom is -0.379 e. The lowest BCUT2D eigenvalue weighted by atomic mass is 10.00. The quantitative estimate of drug-likeness (QED) is 0.747. The molecule has 5 nitrogen and oxygen atoms in total. The summed E-state index contributed by atoms with van der Waals surface area (Å²) in [7, 11) is 1.95. The Balaban J connectivity index is 1.51. The lowest BCUT2D eigenvalue weighted by Gasteiger charge is -2.35. The largest absolute Gasteiger partial charge is 0.379 e. The first-order valence-corrected chi connectivity index (χ1v) is 9.71. The number of aryl methyl sites for hydroxylation is 1. The topological polar surface area (TPSA) is 47.4 Å². The Labute approximate surface area is 151 Å². The molecule has 1 fully saturated rings. The number of fused-ring (bicyclic) bond motifs is 1. The predicted molar refractivity (Wildman–Crippen MR) is 98.3 cm³/mol. The van der Waals surface area contributed by atoms with Gasteiger partial charge in [-0.25, -0.2) is 0 Å². The molecule has 1 saturated carbocycles. The first kappa shape index (κ1) is 16.5. The van der Waals surface area contributed by atoms with Crippen molar-refractivity contribution in [2.24, 2.45) is 13.0 Å². The van der Waals surface area contributed by atoms with Gasteiger partial charge in [-0.3, -0.25) is 9.48 Å². The molecule has 1 aliphatic heterocycles. The van der Waals surface area contributed by atoms with E-state index in [1.807, 2.05) is 46.4 Å². The number of ether oxygens (including phenoxy) is 1. The number of carbonyl (C=O) groups is 1. The summed E-state index contributed by atoms with van der Waals surface area (Å²) < 4.78 is 7.84. The Morgan fingerprint density at radius 3 is 3.08 bits per heavy atom. The molecular formula is C19H23N3O2S. The van der Waals surface area contributed by atoms with Gasteiger partial charge in [-0.1, -0.05) is 6.07 Å². The third-order valence-corrected chi connectivity index (χ3v) is 5.76. The maximum absolute atomic E-state index is 12.8. The third-order valence-electron chi connectivity index (χ3n) is 4.92. The van der Waals surface area contributed by atoms with Crippen LogP contribution in [0.5, 0.6) is 0 Å². The maximum atomic E-state index is 12.8. The Morgan fingerprint density at radius 1 is 1.44 bits per heavy atom. The van der Waals surface area contributed by atoms with E-state index in [9.17, 15) is 4.79 Å². The third kappa shape index (κ3) is 3.70. The fourth-order valence-corrected chi connectivity index (χ4v) is 3.98. The molecular weight excluding hydrogens is 334 g/mol. The van der Waals surface area contributed by atoms with Gasteiger partial charge in [-0.05, 0) is 48.3 Å². The highest BCUT2D eigenvalue weighted by Gasteiger charge is 2.33. The van der Waals surface area contributed by atoms with Crippen molar-refractivity contribution in [3.63, 3.8) is 0 Å². The zero-order chi connectivity index (χ0) is 17.2. The molecule has 0 radical (unpaired) electrons. The van der Waals surface area contributed by atoms with Gasteiger partial charge in [0.05, 0.1) is 24.5 Å². The first-order valence-electron chi connectivity index (χ1n) is 8.83. The van der Waals surface area contributed by atoms with Crippen molar-refractivity contribution in [3.05, 3.63) is 45.9 Å². The fourth-order valence-electron chi connectivity index (χ4n) is 3.36. The molecule has 1 aliphatic carbocycles. The molecule has 1 atom stereocenters. The molecule has 6 heteroatoms. The normalized spacial score (nSPS) is 20.2. The zero-order valence-electron chi connectivity index (χ0n) is 14.4. The molecule has 4 rings (SSSR count). The smallest absolute Gasteiger partial charge is 0.247 e. The highest BCUT2D eigenvalue weighted by molar-refractivity contribution is 7.10. The van der Waals surface area contributed by atoms with Crippen LogP contribution < -0.4 is 0 Å². The molecule has 0 bridgehead atoms. The van der Waals surface area contributed by atoms with Crippen LogP contribution in [0.3, 0.4) is 0 Å². The van der Waals surface area contributed by atoms with Crippen molar-refractivity contribution in [1.82, 2.24) is 14.7 Å². The highest BCUT2D eigenvalue weighted by Crippen LogP contribution is 2.32. The number of nitrogens with zero attached hydrogens (tertiary/aromatic N) is 3. The molecule has 0 N–H and O–H groups in total. The van der Waals surface area contributed by atoms with Crippen molar-refractivity contribution in [2.45, 2.75) is 25.3 Å². The molecule has 0 spiro atoms. The predicted octanol–water partition coefficient (Wildman–Crippen LogP) is 3.05. The van der Waals surface area contributed by atoms with Gasteiger partial charge in [-0.15, -0.1) is 11.3 Å². The first-order chi connectivity index (χ1) is 12.2. The fraction of sp³-hybridized carbons (Fsp3) is 0.474. The second-order valence-electron chi connectivity index (χ2n) is 6.81. The molecule has 132 valence electrons. The van der Waals surface area contributed by atoms with Crippen LogP contribution in [-0.4, -0.2) is 40.3 Å². The SMILES string of the molecule is Cn1ncc2c1[C@@H](COCC1CC1)N(C(=O)/C=C/c1cccs1)CC2. The van der Waals surface area contributed by atoms with Gasteiger partial charge < -0.3 is 9.64 Å². The van der Waals surface area contributed by atoms with Crippen molar-refractivity contribution in [3.8, 4) is 0 Å². The van der Waals surface area contributed by atoms with Crippen LogP contribution in [0.25, 0.3) is 6.08 Å². The monoisotopic (exact) mass is 357 g/mol. The average molecular weight is 357 g/mol. The van der Waals surface area contributed by atoms with Crippen molar-refractivity contribution in [1.29, 1.82) is 0 Å². The molecule has 2 aliphatic rings. The lowest BCUT2D eigenvalue weighted by Crippen LogP contribution is -2.42. The van der Waals surface area contributed by atoms with Gasteiger partial charge in [0.15, 0.2) is 0 Å². The highest BCUT2D eigenvalue weighted by atomic mass is 32.1. The Hall–Kier alpha value is -1.92. The van der Waals surface area contributed by atoms with E-state index >= 15 is 0 Å². The molecule has 2 aromatic rings. The van der Waals surface area contributed by atoms with E-state index in [1.54, 1.807) is 17.4 Å². The van der Waals surface area contributed by atoms with Crippen LogP contribution in [-0.2, 0) is 23.0 Å². The zero-order valence-corrected chi connectivity index (χ0v) is 15.2. The van der Waals surface area contributed by atoms with Gasteiger partial charge in [0.1, 0.15) is 0 Å². The Kier molecular flexibility index (Phi) is 4.72. The van der Waals surface area contributed by atoms with Crippen LogP contribution in [0, 0.1) is 5.92 Å². The maximum Gasteiger partial charge on any atom is 0.247 e. The van der Waals surface area contributed by atoms with E-state index in [1.165, 1.54) is 18.4 Å². The number of amides is 1. The van der Waals surface area contributed by atoms with E-state index in [2.05, 4.69) is 5.10 Å². The number of thiophene rings is 1. The summed E-state index contributed by atoms with van der Waals surface area (Å²) >= 11 is 1.63. The summed E-state index contributed by atoms with van der Waals surface area (Å²) in [5, 5.41) is 6.41. The minimum atomic E-state index is -0.0597. The van der Waals surface area contributed by atoms with Crippen molar-refractivity contribution < 1.29 is 9.53 Å². The van der Waals surface area contributed by atoms with Crippen LogP contribution in [0.1, 0.15) is 35.0 Å². The van der Waals surface area contributed by atoms with Gasteiger partial charge >= 0.3 is 0 Å². The van der Waals surface area contributed by atoms with Crippen LogP contribution in [0.15, 0.2) is 29.8 Å². The average Bonchev–Trinajstić information content (AvgIpc) is 3.14. The van der Waals surface area contributed by atoms with Crippen molar-refractivity contribution in [2.75, 3.05) is 19.8 Å². The summed E-state index contributed by atoms with van der Waals surface area (Å²) in [6.45, 7) is 2.06. The molecule has 0 aromatic carbocycles. The second kappa shape index (κ2) is 7.14. The van der Waals surface area contributed by atoms with Gasteiger partial charge in [-0.2, -0.15) is 5.10 Å². The molecule has 25 heavy (non-hydrogen) atoms. The second-order valence-corrected chi connectivity index (χ2v) is 7.78. The lowest BCUT2D eigenvalue weighted by molar-refractivity contribution is -0.130. The van der Waals surface area contributed by atoms with Gasteiger partial charge in [0, 0.05) is 31.2 Å². The minimum absolute atomic E-state index is 0.0419. The van der Waals surface area contributed by atoms with Gasteiger partial charge in [0.2, 0.25) is 5.91 Å². The van der Waals surface area contributed by atoms with E-state index in [-0.39, 0.29) is 11.9 Å². The molecule has 3 heterocycles. The number of hydrogen-bond donors (Lipinski definition) is 0. The summed E-state index contributed by atoms with van der Waals surface area (Å²) in [6, 6.07) is 3.95. The number of rotatable bonds is 6. The van der Waals surface area contributed by atoms with Crippen molar-refractivity contribution >= 4 is 23.3 Å². The summed E-state index contributed by atoms with van der Waals surface area (Å²) in [4.78, 5) is 15.8. The summed E-state index contributed by atoms with van der Waals surface area (Å²) in [6.07, 6.45) is 8.89. The standard InChI is InChI=1S/C19H23N3O2S/c1-21-19-15(11-20-21)8-9-22(17(19)13-24-12-14-4-5-14)18(23)7-6-16-3-2-10-25-16/h2-3,6-7,10-11,14,17H,4-5,8-9,12-13H2,1H3/b7-6+/t17-/m1/s1. The molecule has 0 saturated heterocycles. The number of carbonyl (C=O) groups excluding carboxylic acids is 1. The van der Waals surface area contributed by atoms with E-state index in [4.69, 9.17) is 4.74 Å². The van der Waals surface area contributed by atoms with E-state index < -0.39 is 0 Å². The van der Waals surface area contributed by atoms with Crippen LogP contribution >= 0.6 is 11.3 Å². The van der Waals surface area contributed by atoms with Crippen LogP contribution in [0.4, 0.5) is 0 Å². The number of hydrogen-bond acceptors (Lipinski definition) is 4. The molecule has 1 amide bonds. The number of aromatic nitrogens is 2. The Morgan fingerprint density at radius 2 is 2.32 bits per heavy atom. The van der Waals surface area contributed by atoms with E-state index in [0.717, 1.165) is 29.5 Å². The van der Waals surface area contributed by atoms with Gasteiger partial charge in [0.25, 0.3) is 0 Å². The Bertz CT molecular complexity index is 762. The van der Waals surface area contributed by atoms with E-state index in [0.29, 0.717) is 13.2 Å². The summed E-state index contributed by atoms with van der Waals surface area (Å²) in [5.74, 6) is 0.762. The molecule has 0 unspecified atom stereocenters.